The van der Waals surface area contributed by atoms with E-state index >= 15 is 0 Å². The molecule has 1 unspecified atom stereocenters. The molecule has 0 saturated carbocycles. The third-order valence-corrected chi connectivity index (χ3v) is 8.15. The van der Waals surface area contributed by atoms with E-state index in [9.17, 15) is 8.42 Å². The minimum atomic E-state index is -3.31. The minimum absolute atomic E-state index is 0.420. The van der Waals surface area contributed by atoms with Crippen molar-refractivity contribution in [2.45, 2.75) is 58.7 Å². The summed E-state index contributed by atoms with van der Waals surface area (Å²) in [6.45, 7) is 12.2. The number of sulfonamides is 1. The van der Waals surface area contributed by atoms with Gasteiger partial charge in [-0.3, -0.25) is 14.5 Å². The predicted molar refractivity (Wildman–Crippen MR) is 146 cm³/mol. The minimum Gasteiger partial charge on any atom is -0.385 e. The van der Waals surface area contributed by atoms with E-state index in [-0.39, 0.29) is 0 Å². The summed E-state index contributed by atoms with van der Waals surface area (Å²) in [7, 11) is -3.31. The average molecular weight is 536 g/mol. The lowest BCUT2D eigenvalue weighted by molar-refractivity contribution is 0.0689. The van der Waals surface area contributed by atoms with Crippen LogP contribution in [0.2, 0.25) is 0 Å². The second-order valence-corrected chi connectivity index (χ2v) is 12.1. The molecule has 0 spiro atoms. The van der Waals surface area contributed by atoms with E-state index in [0.29, 0.717) is 17.8 Å². The Kier molecular flexibility index (Phi) is 8.65. The van der Waals surface area contributed by atoms with Crippen molar-refractivity contribution >= 4 is 33.4 Å². The Bertz CT molecular complexity index is 1150. The van der Waals surface area contributed by atoms with Gasteiger partial charge in [-0.05, 0) is 69.5 Å². The van der Waals surface area contributed by atoms with Crippen molar-refractivity contribution in [1.29, 1.82) is 0 Å². The maximum atomic E-state index is 11.5. The number of hydrogen-bond donors (Lipinski definition) is 1. The fourth-order valence-electron chi connectivity index (χ4n) is 5.55. The summed E-state index contributed by atoms with van der Waals surface area (Å²) >= 11 is 5.76. The summed E-state index contributed by atoms with van der Waals surface area (Å²) in [4.78, 5) is 12.1. The van der Waals surface area contributed by atoms with Crippen LogP contribution in [0.4, 0.5) is 11.5 Å². The smallest absolute Gasteiger partial charge is 0.229 e. The van der Waals surface area contributed by atoms with E-state index in [1.165, 1.54) is 5.56 Å². The number of rotatable bonds is 8. The first-order chi connectivity index (χ1) is 17.2. The highest BCUT2D eigenvalue weighted by atomic mass is 35.5. The normalized spacial score (nSPS) is 20.5. The zero-order valence-electron chi connectivity index (χ0n) is 21.7. The molecule has 10 heteroatoms. The molecule has 2 saturated heterocycles. The second-order valence-electron chi connectivity index (χ2n) is 10.2. The van der Waals surface area contributed by atoms with Crippen LogP contribution < -0.4 is 13.9 Å². The van der Waals surface area contributed by atoms with Crippen LogP contribution >= 0.6 is 11.9 Å². The first kappa shape index (κ1) is 27.0. The first-order valence-corrected chi connectivity index (χ1v) is 14.9. The van der Waals surface area contributed by atoms with Gasteiger partial charge in [-0.1, -0.05) is 19.1 Å². The molecule has 1 N–H and O–H groups in total. The van der Waals surface area contributed by atoms with Crippen LogP contribution in [-0.2, 0) is 23.0 Å². The zero-order chi connectivity index (χ0) is 25.9. The molecule has 36 heavy (non-hydrogen) atoms. The molecule has 3 heterocycles. The molecule has 198 valence electrons. The number of piperazine rings is 1. The molecule has 1 atom stereocenters. The van der Waals surface area contributed by atoms with Crippen molar-refractivity contribution in [3.05, 3.63) is 47.2 Å². The van der Waals surface area contributed by atoms with Crippen molar-refractivity contribution in [1.82, 2.24) is 14.8 Å². The molecule has 2 aliphatic rings. The fraction of sp³-hybridized carbons (Fsp3) is 0.577. The SMILES string of the molecule is CCc1ccc(CN2CCC(N3CCN(c4ncc(NS(C)(=O)=O)cc4C)CC3C)CC2)c(OCl)c1. The molecule has 4 rings (SSSR count). The summed E-state index contributed by atoms with van der Waals surface area (Å²) < 4.78 is 30.7. The van der Waals surface area contributed by atoms with Crippen molar-refractivity contribution in [3.8, 4) is 5.75 Å². The van der Waals surface area contributed by atoms with Gasteiger partial charge in [-0.2, -0.15) is 0 Å². The summed E-state index contributed by atoms with van der Waals surface area (Å²) in [5.74, 6) is 1.70. The highest BCUT2D eigenvalue weighted by Gasteiger charge is 2.32. The Morgan fingerprint density at radius 2 is 1.92 bits per heavy atom. The Morgan fingerprint density at radius 1 is 1.17 bits per heavy atom. The lowest BCUT2D eigenvalue weighted by atomic mass is 9.99. The van der Waals surface area contributed by atoms with Gasteiger partial charge in [-0.15, -0.1) is 0 Å². The van der Waals surface area contributed by atoms with Crippen molar-refractivity contribution < 1.29 is 12.7 Å². The van der Waals surface area contributed by atoms with Gasteiger partial charge in [0.05, 0.1) is 18.1 Å². The van der Waals surface area contributed by atoms with Gasteiger partial charge in [-0.25, -0.2) is 13.4 Å². The molecule has 8 nitrogen and oxygen atoms in total. The first-order valence-electron chi connectivity index (χ1n) is 12.7. The molecule has 2 aliphatic heterocycles. The number of benzene rings is 1. The lowest BCUT2D eigenvalue weighted by Gasteiger charge is -2.47. The van der Waals surface area contributed by atoms with Crippen molar-refractivity contribution in [2.75, 3.05) is 48.6 Å². The standard InChI is InChI=1S/C26H38ClN5O3S/c1-5-21-6-7-22(25(15-21)35-27)18-30-10-8-24(9-11-30)32-13-12-31(17-20(32)3)26-19(2)14-23(16-28-26)29-36(4,33)34/h6-7,14-16,20,24,29H,5,8-13,17-18H2,1-4H3. The molecule has 2 aromatic rings. The maximum absolute atomic E-state index is 11.5. The number of hydrogen-bond acceptors (Lipinski definition) is 7. The van der Waals surface area contributed by atoms with Crippen LogP contribution in [0, 0.1) is 6.92 Å². The Hall–Kier alpha value is -2.07. The number of nitrogens with zero attached hydrogens (tertiary/aromatic N) is 4. The highest BCUT2D eigenvalue weighted by Crippen LogP contribution is 2.29. The van der Waals surface area contributed by atoms with Crippen LogP contribution in [0.25, 0.3) is 0 Å². The molecule has 1 aromatic carbocycles. The van der Waals surface area contributed by atoms with E-state index < -0.39 is 10.0 Å². The number of likely N-dealkylation sites (tertiary alicyclic amines) is 1. The molecular weight excluding hydrogens is 498 g/mol. The van der Waals surface area contributed by atoms with Crippen LogP contribution in [0.5, 0.6) is 5.75 Å². The van der Waals surface area contributed by atoms with Crippen LogP contribution in [0.15, 0.2) is 30.5 Å². The van der Waals surface area contributed by atoms with Crippen molar-refractivity contribution in [3.63, 3.8) is 0 Å². The molecule has 0 aliphatic carbocycles. The predicted octanol–water partition coefficient (Wildman–Crippen LogP) is 4.03. The van der Waals surface area contributed by atoms with E-state index in [1.54, 1.807) is 6.20 Å². The highest BCUT2D eigenvalue weighted by molar-refractivity contribution is 7.92. The number of aryl methyl sites for hydroxylation is 2. The average Bonchev–Trinajstić information content (AvgIpc) is 2.84. The van der Waals surface area contributed by atoms with E-state index in [4.69, 9.17) is 16.2 Å². The molecule has 0 radical (unpaired) electrons. The van der Waals surface area contributed by atoms with Crippen LogP contribution in [0.3, 0.4) is 0 Å². The monoisotopic (exact) mass is 535 g/mol. The van der Waals surface area contributed by atoms with Gasteiger partial charge in [0, 0.05) is 43.8 Å². The molecule has 1 aromatic heterocycles. The zero-order valence-corrected chi connectivity index (χ0v) is 23.3. The Morgan fingerprint density at radius 3 is 2.53 bits per heavy atom. The van der Waals surface area contributed by atoms with Gasteiger partial charge >= 0.3 is 0 Å². The third kappa shape index (κ3) is 6.62. The molecule has 0 bridgehead atoms. The topological polar surface area (TPSA) is 78.0 Å². The summed E-state index contributed by atoms with van der Waals surface area (Å²) in [6.07, 6.45) is 6.02. The van der Waals surface area contributed by atoms with Gasteiger partial charge in [0.1, 0.15) is 17.7 Å². The van der Waals surface area contributed by atoms with E-state index in [2.05, 4.69) is 50.4 Å². The third-order valence-electron chi connectivity index (χ3n) is 7.38. The summed E-state index contributed by atoms with van der Waals surface area (Å²) in [5.41, 5.74) is 3.85. The lowest BCUT2D eigenvalue weighted by Crippen LogP contribution is -2.57. The molecule has 2 fully saturated rings. The Balaban J connectivity index is 1.31. The molecular formula is C26H38ClN5O3S. The Labute approximate surface area is 220 Å². The summed E-state index contributed by atoms with van der Waals surface area (Å²) in [6, 6.07) is 9.21. The number of nitrogens with one attached hydrogen (secondary N) is 1. The van der Waals surface area contributed by atoms with Crippen LogP contribution in [-0.4, -0.2) is 74.3 Å². The van der Waals surface area contributed by atoms with Gasteiger partial charge in [0.2, 0.25) is 10.0 Å². The number of anilines is 2. The quantitative estimate of drug-likeness (QED) is 0.546. The van der Waals surface area contributed by atoms with Crippen LogP contribution in [0.1, 0.15) is 43.4 Å². The number of aromatic nitrogens is 1. The number of piperidine rings is 1. The van der Waals surface area contributed by atoms with Gasteiger partial charge in [0.25, 0.3) is 0 Å². The van der Waals surface area contributed by atoms with Crippen molar-refractivity contribution in [2.24, 2.45) is 0 Å². The molecule has 0 amide bonds. The fourth-order valence-corrected chi connectivity index (χ4v) is 6.23. The number of pyridine rings is 1. The maximum Gasteiger partial charge on any atom is 0.229 e. The largest absolute Gasteiger partial charge is 0.385 e. The van der Waals surface area contributed by atoms with Gasteiger partial charge in [0.15, 0.2) is 5.75 Å². The summed E-state index contributed by atoms with van der Waals surface area (Å²) in [5, 5.41) is 0. The van der Waals surface area contributed by atoms with Gasteiger partial charge < -0.3 is 9.19 Å². The number of halogens is 1. The van der Waals surface area contributed by atoms with E-state index in [0.717, 1.165) is 87.5 Å². The second kappa shape index (κ2) is 11.5. The van der Waals surface area contributed by atoms with E-state index in [1.807, 2.05) is 19.1 Å².